The third-order valence-electron chi connectivity index (χ3n) is 2.66. The highest BCUT2D eigenvalue weighted by molar-refractivity contribution is 5.15. The highest BCUT2D eigenvalue weighted by Crippen LogP contribution is 2.17. The monoisotopic (exact) mass is 192 g/mol. The largest absolute Gasteiger partial charge is 0.384 e. The molecule has 0 radical (unpaired) electrons. The maximum Gasteiger partial charge on any atom is 0.0496 e. The van der Waals surface area contributed by atoms with Crippen LogP contribution in [0.15, 0.2) is 30.3 Å². The Morgan fingerprint density at radius 2 is 1.79 bits per heavy atom. The van der Waals surface area contributed by atoms with Crippen molar-refractivity contribution in [2.24, 2.45) is 11.8 Å². The van der Waals surface area contributed by atoms with Crippen LogP contribution in [0.4, 0.5) is 0 Å². The van der Waals surface area contributed by atoms with E-state index in [-0.39, 0.29) is 0 Å². The van der Waals surface area contributed by atoms with Gasteiger partial charge in [-0.05, 0) is 23.8 Å². The molecule has 0 heterocycles. The second-order valence-corrected chi connectivity index (χ2v) is 4.15. The molecule has 0 unspecified atom stereocenters. The van der Waals surface area contributed by atoms with Crippen molar-refractivity contribution in [1.82, 2.24) is 0 Å². The van der Waals surface area contributed by atoms with Crippen LogP contribution in [0.5, 0.6) is 0 Å². The first kappa shape index (κ1) is 11.3. The molecule has 1 atom stereocenters. The van der Waals surface area contributed by atoms with Gasteiger partial charge in [0.25, 0.3) is 0 Å². The summed E-state index contributed by atoms with van der Waals surface area (Å²) in [5.41, 5.74) is 1.41. The van der Waals surface area contributed by atoms with Crippen LogP contribution in [-0.2, 0) is 11.2 Å². The number of rotatable bonds is 5. The minimum Gasteiger partial charge on any atom is -0.384 e. The number of hydrogen-bond donors (Lipinski definition) is 0. The Morgan fingerprint density at radius 1 is 1.14 bits per heavy atom. The molecule has 78 valence electrons. The maximum atomic E-state index is 5.24. The molecule has 1 heteroatoms. The van der Waals surface area contributed by atoms with Gasteiger partial charge in [-0.2, -0.15) is 0 Å². The molecular weight excluding hydrogens is 172 g/mol. The van der Waals surface area contributed by atoms with Crippen molar-refractivity contribution in [3.05, 3.63) is 35.9 Å². The van der Waals surface area contributed by atoms with E-state index >= 15 is 0 Å². The van der Waals surface area contributed by atoms with Gasteiger partial charge >= 0.3 is 0 Å². The lowest BCUT2D eigenvalue weighted by Crippen LogP contribution is -2.17. The first-order chi connectivity index (χ1) is 6.74. The van der Waals surface area contributed by atoms with E-state index in [0.717, 1.165) is 13.0 Å². The summed E-state index contributed by atoms with van der Waals surface area (Å²) in [6.07, 6.45) is 1.12. The zero-order valence-corrected chi connectivity index (χ0v) is 9.36. The van der Waals surface area contributed by atoms with Crippen LogP contribution >= 0.6 is 0 Å². The molecule has 14 heavy (non-hydrogen) atoms. The Morgan fingerprint density at radius 3 is 2.29 bits per heavy atom. The molecule has 0 N–H and O–H groups in total. The van der Waals surface area contributed by atoms with Gasteiger partial charge in [-0.3, -0.25) is 0 Å². The van der Waals surface area contributed by atoms with Gasteiger partial charge < -0.3 is 4.74 Å². The molecule has 0 amide bonds. The molecule has 0 aliphatic carbocycles. The van der Waals surface area contributed by atoms with Gasteiger partial charge in [-0.15, -0.1) is 0 Å². The topological polar surface area (TPSA) is 9.23 Å². The van der Waals surface area contributed by atoms with Gasteiger partial charge in [0, 0.05) is 13.7 Å². The Kier molecular flexibility index (Phi) is 4.68. The van der Waals surface area contributed by atoms with Crippen molar-refractivity contribution in [2.45, 2.75) is 20.3 Å². The number of ether oxygens (including phenoxy) is 1. The lowest BCUT2D eigenvalue weighted by Gasteiger charge is -2.19. The van der Waals surface area contributed by atoms with Crippen molar-refractivity contribution < 1.29 is 4.74 Å². The summed E-state index contributed by atoms with van der Waals surface area (Å²) in [5.74, 6) is 1.30. The van der Waals surface area contributed by atoms with E-state index in [1.54, 1.807) is 7.11 Å². The van der Waals surface area contributed by atoms with Crippen LogP contribution in [0, 0.1) is 11.8 Å². The third kappa shape index (κ3) is 3.51. The van der Waals surface area contributed by atoms with E-state index in [0.29, 0.717) is 11.8 Å². The molecule has 1 aromatic rings. The molecule has 1 aromatic carbocycles. The van der Waals surface area contributed by atoms with Crippen LogP contribution < -0.4 is 0 Å². The van der Waals surface area contributed by atoms with Gasteiger partial charge in [0.1, 0.15) is 0 Å². The molecule has 1 nitrogen and oxygen atoms in total. The van der Waals surface area contributed by atoms with Crippen LogP contribution in [0.25, 0.3) is 0 Å². The van der Waals surface area contributed by atoms with E-state index in [9.17, 15) is 0 Å². The minimum absolute atomic E-state index is 0.627. The predicted molar refractivity (Wildman–Crippen MR) is 60.4 cm³/mol. The lowest BCUT2D eigenvalue weighted by molar-refractivity contribution is 0.129. The molecular formula is C13H20O. The first-order valence-corrected chi connectivity index (χ1v) is 5.27. The summed E-state index contributed by atoms with van der Waals surface area (Å²) in [4.78, 5) is 0. The highest BCUT2D eigenvalue weighted by Gasteiger charge is 2.13. The summed E-state index contributed by atoms with van der Waals surface area (Å²) in [6.45, 7) is 5.37. The molecule has 0 bridgehead atoms. The summed E-state index contributed by atoms with van der Waals surface area (Å²) >= 11 is 0. The van der Waals surface area contributed by atoms with Gasteiger partial charge in [-0.25, -0.2) is 0 Å². The van der Waals surface area contributed by atoms with Crippen molar-refractivity contribution >= 4 is 0 Å². The molecule has 0 aromatic heterocycles. The zero-order valence-electron chi connectivity index (χ0n) is 9.36. The van der Waals surface area contributed by atoms with Gasteiger partial charge in [0.2, 0.25) is 0 Å². The van der Waals surface area contributed by atoms with E-state index < -0.39 is 0 Å². The van der Waals surface area contributed by atoms with Crippen LogP contribution in [0.2, 0.25) is 0 Å². The summed E-state index contributed by atoms with van der Waals surface area (Å²) < 4.78 is 5.24. The molecule has 1 rings (SSSR count). The Labute approximate surface area is 87.1 Å². The summed E-state index contributed by atoms with van der Waals surface area (Å²) in [6, 6.07) is 10.6. The molecule has 0 saturated heterocycles. The normalized spacial score (nSPS) is 13.1. The fraction of sp³-hybridized carbons (Fsp3) is 0.538. The van der Waals surface area contributed by atoms with E-state index in [1.165, 1.54) is 5.56 Å². The second-order valence-electron chi connectivity index (χ2n) is 4.15. The SMILES string of the molecule is COC[C@H](Cc1ccccc1)C(C)C. The standard InChI is InChI=1S/C13H20O/c1-11(2)13(10-14-3)9-12-7-5-4-6-8-12/h4-8,11,13H,9-10H2,1-3H3/t13-/m0/s1. The molecule has 0 aliphatic heterocycles. The summed E-state index contributed by atoms with van der Waals surface area (Å²) in [7, 11) is 1.78. The smallest absolute Gasteiger partial charge is 0.0496 e. The van der Waals surface area contributed by atoms with Crippen molar-refractivity contribution in [1.29, 1.82) is 0 Å². The van der Waals surface area contributed by atoms with Crippen molar-refractivity contribution in [3.63, 3.8) is 0 Å². The van der Waals surface area contributed by atoms with Crippen molar-refractivity contribution in [2.75, 3.05) is 13.7 Å². The maximum absolute atomic E-state index is 5.24. The van der Waals surface area contributed by atoms with Crippen LogP contribution in [-0.4, -0.2) is 13.7 Å². The lowest BCUT2D eigenvalue weighted by atomic mass is 9.90. The quantitative estimate of drug-likeness (QED) is 0.696. The fourth-order valence-corrected chi connectivity index (χ4v) is 1.62. The predicted octanol–water partition coefficient (Wildman–Crippen LogP) is 3.15. The molecule has 0 fully saturated rings. The van der Waals surface area contributed by atoms with Gasteiger partial charge in [0.15, 0.2) is 0 Å². The van der Waals surface area contributed by atoms with E-state index in [2.05, 4.69) is 44.2 Å². The van der Waals surface area contributed by atoms with Gasteiger partial charge in [-0.1, -0.05) is 44.2 Å². The van der Waals surface area contributed by atoms with Crippen LogP contribution in [0.3, 0.4) is 0 Å². The first-order valence-electron chi connectivity index (χ1n) is 5.27. The Bertz CT molecular complexity index is 241. The summed E-state index contributed by atoms with van der Waals surface area (Å²) in [5, 5.41) is 0. The Hall–Kier alpha value is -0.820. The fourth-order valence-electron chi connectivity index (χ4n) is 1.62. The van der Waals surface area contributed by atoms with E-state index in [1.807, 2.05) is 0 Å². The molecule has 0 saturated carbocycles. The molecule has 0 aliphatic rings. The number of methoxy groups -OCH3 is 1. The zero-order chi connectivity index (χ0) is 10.4. The second kappa shape index (κ2) is 5.82. The highest BCUT2D eigenvalue weighted by atomic mass is 16.5. The van der Waals surface area contributed by atoms with Gasteiger partial charge in [0.05, 0.1) is 0 Å². The molecule has 0 spiro atoms. The van der Waals surface area contributed by atoms with E-state index in [4.69, 9.17) is 4.74 Å². The minimum atomic E-state index is 0.627. The number of benzene rings is 1. The Balaban J connectivity index is 2.55. The third-order valence-corrected chi connectivity index (χ3v) is 2.66. The number of hydrogen-bond acceptors (Lipinski definition) is 1. The average molecular weight is 192 g/mol. The van der Waals surface area contributed by atoms with Crippen LogP contribution in [0.1, 0.15) is 19.4 Å². The van der Waals surface area contributed by atoms with Crippen molar-refractivity contribution in [3.8, 4) is 0 Å². The average Bonchev–Trinajstić information content (AvgIpc) is 2.18.